The topological polar surface area (TPSA) is 105 Å². The Morgan fingerprint density at radius 2 is 1.40 bits per heavy atom. The van der Waals surface area contributed by atoms with Gasteiger partial charge in [0.2, 0.25) is 0 Å². The van der Waals surface area contributed by atoms with E-state index >= 15 is 0 Å². The number of ether oxygens (including phenoxy) is 2. The zero-order chi connectivity index (χ0) is 34.1. The minimum Gasteiger partial charge on any atom is -0.490 e. The minimum atomic E-state index is -4.09. The third-order valence-corrected chi connectivity index (χ3v) is 9.48. The average Bonchev–Trinajstić information content (AvgIpc) is 2.83. The molecule has 1 heterocycles. The van der Waals surface area contributed by atoms with Crippen LogP contribution < -0.4 is 10.1 Å². The van der Waals surface area contributed by atoms with E-state index in [1.165, 1.54) is 12.8 Å². The molecule has 1 atom stereocenters. The second kappa shape index (κ2) is 13.5. The van der Waals surface area contributed by atoms with Crippen molar-refractivity contribution in [2.45, 2.75) is 144 Å². The van der Waals surface area contributed by atoms with Gasteiger partial charge in [0.1, 0.15) is 16.9 Å². The molecular formula is C35H57N2O7P. The molecule has 1 unspecified atom stereocenters. The molecule has 0 bridgehead atoms. The van der Waals surface area contributed by atoms with Gasteiger partial charge in [0.05, 0.1) is 35.1 Å². The third-order valence-electron chi connectivity index (χ3n) is 7.49. The lowest BCUT2D eigenvalue weighted by Crippen LogP contribution is -2.49. The molecule has 1 N–H and O–H groups in total. The van der Waals surface area contributed by atoms with Crippen LogP contribution >= 0.6 is 7.82 Å². The van der Waals surface area contributed by atoms with E-state index in [1.54, 1.807) is 69.2 Å². The maximum atomic E-state index is 13.9. The van der Waals surface area contributed by atoms with Gasteiger partial charge in [-0.25, -0.2) is 9.36 Å². The van der Waals surface area contributed by atoms with Crippen LogP contribution in [0.25, 0.3) is 10.9 Å². The lowest BCUT2D eigenvalue weighted by atomic mass is 9.72. The van der Waals surface area contributed by atoms with Crippen LogP contribution in [0.15, 0.2) is 30.3 Å². The molecule has 9 nitrogen and oxygen atoms in total. The van der Waals surface area contributed by atoms with Crippen molar-refractivity contribution in [2.24, 2.45) is 11.3 Å². The number of amides is 1. The van der Waals surface area contributed by atoms with Crippen molar-refractivity contribution in [2.75, 3.05) is 6.61 Å². The molecule has 1 aromatic carbocycles. The highest BCUT2D eigenvalue weighted by Crippen LogP contribution is 2.56. The van der Waals surface area contributed by atoms with E-state index in [2.05, 4.69) is 26.1 Å². The Morgan fingerprint density at radius 1 is 0.822 bits per heavy atom. The molecule has 2 aromatic rings. The summed E-state index contributed by atoms with van der Waals surface area (Å²) in [5.41, 5.74) is -2.08. The summed E-state index contributed by atoms with van der Waals surface area (Å²) in [7, 11) is -4.09. The molecule has 254 valence electrons. The molecule has 45 heavy (non-hydrogen) atoms. The van der Waals surface area contributed by atoms with Crippen LogP contribution in [0, 0.1) is 11.3 Å². The van der Waals surface area contributed by atoms with E-state index in [-0.39, 0.29) is 12.7 Å². The number of carbonyl (C=O) groups is 1. The standard InChI is InChI=1S/C35H57N2O7P/c1-31(2,3)25-15-17-26(18-16-25)41-27-19-20-28-24(22-27)14-21-29(36-28)35(13,37-30(38)42-32(4,5)6)23-40-45(39,43-33(7,8)9)44-34(10,11)12/h14,19-22,25-26H,15-18,23H2,1-13H3,(H,37,38)/t25-,26-,35?. The number of nitrogens with one attached hydrogen (secondary N) is 1. The summed E-state index contributed by atoms with van der Waals surface area (Å²) in [6.45, 7) is 24.4. The van der Waals surface area contributed by atoms with Gasteiger partial charge >= 0.3 is 13.9 Å². The molecular weight excluding hydrogens is 591 g/mol. The second-order valence-electron chi connectivity index (χ2n) is 16.6. The Labute approximate surface area is 271 Å². The molecule has 1 saturated carbocycles. The second-order valence-corrected chi connectivity index (χ2v) is 18.1. The van der Waals surface area contributed by atoms with Gasteiger partial charge in [0, 0.05) is 5.39 Å². The zero-order valence-corrected chi connectivity index (χ0v) is 30.7. The largest absolute Gasteiger partial charge is 0.490 e. The number of alkyl carbamates (subject to hydrolysis) is 1. The van der Waals surface area contributed by atoms with Crippen molar-refractivity contribution in [1.82, 2.24) is 10.3 Å². The maximum Gasteiger partial charge on any atom is 0.475 e. The first-order valence-electron chi connectivity index (χ1n) is 16.1. The summed E-state index contributed by atoms with van der Waals surface area (Å²) in [5.74, 6) is 1.53. The minimum absolute atomic E-state index is 0.202. The van der Waals surface area contributed by atoms with E-state index in [9.17, 15) is 9.36 Å². The van der Waals surface area contributed by atoms with Crippen molar-refractivity contribution in [1.29, 1.82) is 0 Å². The molecule has 10 heteroatoms. The van der Waals surface area contributed by atoms with Crippen LogP contribution in [-0.2, 0) is 28.4 Å². The Balaban J connectivity index is 1.88. The fourth-order valence-corrected chi connectivity index (χ4v) is 7.28. The molecule has 1 aliphatic carbocycles. The highest BCUT2D eigenvalue weighted by molar-refractivity contribution is 7.48. The summed E-state index contributed by atoms with van der Waals surface area (Å²) in [5, 5.41) is 3.80. The van der Waals surface area contributed by atoms with Crippen molar-refractivity contribution < 1.29 is 32.4 Å². The molecule has 0 aliphatic heterocycles. The molecule has 1 fully saturated rings. The molecule has 0 radical (unpaired) electrons. The first-order valence-corrected chi connectivity index (χ1v) is 17.6. The van der Waals surface area contributed by atoms with E-state index in [4.69, 9.17) is 28.0 Å². The van der Waals surface area contributed by atoms with Gasteiger partial charge in [-0.15, -0.1) is 0 Å². The van der Waals surface area contributed by atoms with Gasteiger partial charge in [0.25, 0.3) is 0 Å². The number of nitrogens with zero attached hydrogens (tertiary/aromatic N) is 1. The summed E-state index contributed by atoms with van der Waals surface area (Å²) in [6.07, 6.45) is 3.98. The molecule has 1 amide bonds. The average molecular weight is 649 g/mol. The van der Waals surface area contributed by atoms with Crippen LogP contribution in [0.2, 0.25) is 0 Å². The first-order chi connectivity index (χ1) is 20.3. The summed E-state index contributed by atoms with van der Waals surface area (Å²) in [6, 6.07) is 9.61. The molecule has 0 spiro atoms. The predicted octanol–water partition coefficient (Wildman–Crippen LogP) is 9.71. The molecule has 1 aromatic heterocycles. The molecule has 1 aliphatic rings. The monoisotopic (exact) mass is 648 g/mol. The highest BCUT2D eigenvalue weighted by atomic mass is 31.2. The van der Waals surface area contributed by atoms with E-state index in [0.717, 1.165) is 29.9 Å². The summed E-state index contributed by atoms with van der Waals surface area (Å²) in [4.78, 5) is 17.9. The van der Waals surface area contributed by atoms with Crippen LogP contribution in [0.5, 0.6) is 5.75 Å². The van der Waals surface area contributed by atoms with Crippen LogP contribution in [0.4, 0.5) is 4.79 Å². The Bertz CT molecular complexity index is 1340. The van der Waals surface area contributed by atoms with Gasteiger partial charge in [-0.1, -0.05) is 26.8 Å². The zero-order valence-electron chi connectivity index (χ0n) is 29.8. The van der Waals surface area contributed by atoms with Crippen molar-refractivity contribution >= 4 is 24.8 Å². The van der Waals surface area contributed by atoms with Gasteiger partial charge in [-0.3, -0.25) is 18.6 Å². The van der Waals surface area contributed by atoms with E-state index in [0.29, 0.717) is 16.6 Å². The van der Waals surface area contributed by atoms with Crippen LogP contribution in [0.1, 0.15) is 121 Å². The molecule has 3 rings (SSSR count). The lowest BCUT2D eigenvalue weighted by molar-refractivity contribution is -0.00741. The SMILES string of the molecule is CC(C)(C)OC(=O)NC(C)(COP(=O)(OC(C)(C)C)OC(C)(C)C)c1ccc2cc(O[C@H]3CC[C@H](C(C)(C)C)CC3)ccc2n1. The fourth-order valence-electron chi connectivity index (χ4n) is 5.38. The van der Waals surface area contributed by atoms with Gasteiger partial charge in [0.15, 0.2) is 0 Å². The summed E-state index contributed by atoms with van der Waals surface area (Å²) >= 11 is 0. The van der Waals surface area contributed by atoms with Crippen LogP contribution in [-0.4, -0.2) is 40.6 Å². The van der Waals surface area contributed by atoms with E-state index < -0.39 is 36.3 Å². The third kappa shape index (κ3) is 11.8. The predicted molar refractivity (Wildman–Crippen MR) is 180 cm³/mol. The van der Waals surface area contributed by atoms with Crippen molar-refractivity contribution in [3.63, 3.8) is 0 Å². The number of aromatic nitrogens is 1. The van der Waals surface area contributed by atoms with Crippen molar-refractivity contribution in [3.8, 4) is 5.75 Å². The number of pyridine rings is 1. The number of fused-ring (bicyclic) bond motifs is 1. The number of benzene rings is 1. The Kier molecular flexibility index (Phi) is 11.2. The lowest BCUT2D eigenvalue weighted by Gasteiger charge is -2.37. The fraction of sp³-hybridized carbons (Fsp3) is 0.714. The maximum absolute atomic E-state index is 13.9. The number of rotatable bonds is 9. The highest BCUT2D eigenvalue weighted by Gasteiger charge is 2.42. The summed E-state index contributed by atoms with van der Waals surface area (Å²) < 4.78 is 43.4. The number of phosphoric acid groups is 1. The van der Waals surface area contributed by atoms with Crippen molar-refractivity contribution in [3.05, 3.63) is 36.0 Å². The molecule has 0 saturated heterocycles. The number of hydrogen-bond donors (Lipinski definition) is 1. The Morgan fingerprint density at radius 3 is 1.91 bits per heavy atom. The smallest absolute Gasteiger partial charge is 0.475 e. The first kappa shape index (κ1) is 37.3. The number of phosphoric ester groups is 1. The van der Waals surface area contributed by atoms with E-state index in [1.807, 2.05) is 30.3 Å². The Hall–Kier alpha value is -2.19. The van der Waals surface area contributed by atoms with Gasteiger partial charge < -0.3 is 14.8 Å². The van der Waals surface area contributed by atoms with Gasteiger partial charge in [-0.05, 0) is 131 Å². The number of carbonyl (C=O) groups excluding carboxylic acids is 1. The quantitative estimate of drug-likeness (QED) is 0.268. The van der Waals surface area contributed by atoms with Gasteiger partial charge in [-0.2, -0.15) is 0 Å². The van der Waals surface area contributed by atoms with Crippen LogP contribution in [0.3, 0.4) is 0 Å². The number of hydrogen-bond acceptors (Lipinski definition) is 8. The normalized spacial score (nSPS) is 20.0.